The number of nitrogens with one attached hydrogen (secondary N) is 1. The summed E-state index contributed by atoms with van der Waals surface area (Å²) in [5.41, 5.74) is -0.255. The van der Waals surface area contributed by atoms with Crippen molar-refractivity contribution in [2.45, 2.75) is 66.3 Å². The van der Waals surface area contributed by atoms with Gasteiger partial charge in [0.25, 0.3) is 0 Å². The van der Waals surface area contributed by atoms with E-state index >= 15 is 0 Å². The van der Waals surface area contributed by atoms with Crippen molar-refractivity contribution < 1.29 is 4.79 Å². The third-order valence-electron chi connectivity index (χ3n) is 3.73. The van der Waals surface area contributed by atoms with Crippen LogP contribution in [0.5, 0.6) is 0 Å². The smallest absolute Gasteiger partial charge is 0.225 e. The van der Waals surface area contributed by atoms with Crippen molar-refractivity contribution in [3.8, 4) is 0 Å². The molecule has 2 heteroatoms. The first-order valence-corrected chi connectivity index (χ1v) is 6.61. The molecule has 1 aliphatic rings. The van der Waals surface area contributed by atoms with Crippen LogP contribution in [0.4, 0.5) is 0 Å². The van der Waals surface area contributed by atoms with Crippen LogP contribution >= 0.6 is 0 Å². The molecule has 0 aromatic rings. The lowest BCUT2D eigenvalue weighted by atomic mass is 9.79. The number of hydrogen-bond acceptors (Lipinski definition) is 1. The Morgan fingerprint density at radius 3 is 2.00 bits per heavy atom. The maximum Gasteiger partial charge on any atom is 0.225 e. The molecule has 2 nitrogen and oxygen atoms in total. The van der Waals surface area contributed by atoms with Gasteiger partial charge in [0.1, 0.15) is 0 Å². The summed E-state index contributed by atoms with van der Waals surface area (Å²) in [6.07, 6.45) is 4.86. The standard InChI is InChI=1S/C14H27NO/c1-10(2)11-6-8-12(9-7-11)15-13(16)14(3,4)5/h10-12H,6-9H2,1-5H3,(H,15,16). The minimum Gasteiger partial charge on any atom is -0.353 e. The summed E-state index contributed by atoms with van der Waals surface area (Å²) in [4.78, 5) is 11.8. The monoisotopic (exact) mass is 225 g/mol. The van der Waals surface area contributed by atoms with Gasteiger partial charge >= 0.3 is 0 Å². The molecule has 0 aromatic heterocycles. The predicted molar refractivity (Wildman–Crippen MR) is 68.2 cm³/mol. The molecule has 94 valence electrons. The van der Waals surface area contributed by atoms with Crippen molar-refractivity contribution in [3.63, 3.8) is 0 Å². The van der Waals surface area contributed by atoms with Gasteiger partial charge in [0.05, 0.1) is 0 Å². The molecule has 0 radical (unpaired) electrons. The summed E-state index contributed by atoms with van der Waals surface area (Å²) in [6.45, 7) is 10.5. The molecule has 0 bridgehead atoms. The zero-order chi connectivity index (χ0) is 12.3. The fourth-order valence-electron chi connectivity index (χ4n) is 2.33. The number of carbonyl (C=O) groups excluding carboxylic acids is 1. The quantitative estimate of drug-likeness (QED) is 0.767. The maximum absolute atomic E-state index is 11.8. The molecular formula is C14H27NO. The SMILES string of the molecule is CC(C)C1CCC(NC(=O)C(C)(C)C)CC1. The van der Waals surface area contributed by atoms with E-state index in [1.165, 1.54) is 12.8 Å². The van der Waals surface area contributed by atoms with E-state index in [1.54, 1.807) is 0 Å². The molecule has 16 heavy (non-hydrogen) atoms. The fourth-order valence-corrected chi connectivity index (χ4v) is 2.33. The van der Waals surface area contributed by atoms with Crippen molar-refractivity contribution in [1.82, 2.24) is 5.32 Å². The van der Waals surface area contributed by atoms with Crippen LogP contribution in [0.2, 0.25) is 0 Å². The Bertz CT molecular complexity index is 232. The van der Waals surface area contributed by atoms with Crippen LogP contribution < -0.4 is 5.32 Å². The summed E-state index contributed by atoms with van der Waals surface area (Å²) >= 11 is 0. The molecule has 0 unspecified atom stereocenters. The lowest BCUT2D eigenvalue weighted by molar-refractivity contribution is -0.129. The van der Waals surface area contributed by atoms with Crippen LogP contribution in [0.3, 0.4) is 0 Å². The van der Waals surface area contributed by atoms with Gasteiger partial charge in [-0.25, -0.2) is 0 Å². The highest BCUT2D eigenvalue weighted by atomic mass is 16.2. The average molecular weight is 225 g/mol. The van der Waals surface area contributed by atoms with Crippen LogP contribution in [0.1, 0.15) is 60.3 Å². The van der Waals surface area contributed by atoms with Gasteiger partial charge in [0, 0.05) is 11.5 Å². The van der Waals surface area contributed by atoms with Crippen LogP contribution in [-0.2, 0) is 4.79 Å². The molecule has 1 rings (SSSR count). The van der Waals surface area contributed by atoms with E-state index in [4.69, 9.17) is 0 Å². The van der Waals surface area contributed by atoms with Crippen molar-refractivity contribution in [3.05, 3.63) is 0 Å². The van der Waals surface area contributed by atoms with Crippen molar-refractivity contribution >= 4 is 5.91 Å². The first-order chi connectivity index (χ1) is 7.30. The molecule has 1 aliphatic carbocycles. The van der Waals surface area contributed by atoms with Crippen LogP contribution in [0.15, 0.2) is 0 Å². The Balaban J connectivity index is 2.35. The van der Waals surface area contributed by atoms with Gasteiger partial charge in [0.15, 0.2) is 0 Å². The van der Waals surface area contributed by atoms with Gasteiger partial charge in [-0.2, -0.15) is 0 Å². The molecule has 0 aromatic carbocycles. The van der Waals surface area contributed by atoms with Gasteiger partial charge in [-0.05, 0) is 37.5 Å². The van der Waals surface area contributed by atoms with Gasteiger partial charge in [-0.15, -0.1) is 0 Å². The summed E-state index contributed by atoms with van der Waals surface area (Å²) in [5.74, 6) is 1.85. The van der Waals surface area contributed by atoms with Gasteiger partial charge in [0.2, 0.25) is 5.91 Å². The van der Waals surface area contributed by atoms with E-state index in [9.17, 15) is 4.79 Å². The van der Waals surface area contributed by atoms with Gasteiger partial charge < -0.3 is 5.32 Å². The summed E-state index contributed by atoms with van der Waals surface area (Å²) in [5, 5.41) is 3.18. The van der Waals surface area contributed by atoms with Crippen LogP contribution in [0, 0.1) is 17.3 Å². The Morgan fingerprint density at radius 1 is 1.12 bits per heavy atom. The highest BCUT2D eigenvalue weighted by Gasteiger charge is 2.27. The third kappa shape index (κ3) is 3.80. The Kier molecular flexibility index (Phi) is 4.40. The van der Waals surface area contributed by atoms with Crippen LogP contribution in [-0.4, -0.2) is 11.9 Å². The minimum absolute atomic E-state index is 0.195. The maximum atomic E-state index is 11.8. The number of rotatable bonds is 2. The topological polar surface area (TPSA) is 29.1 Å². The Hall–Kier alpha value is -0.530. The lowest BCUT2D eigenvalue weighted by Crippen LogP contribution is -2.43. The third-order valence-corrected chi connectivity index (χ3v) is 3.73. The van der Waals surface area contributed by atoms with Gasteiger partial charge in [-0.1, -0.05) is 34.6 Å². The van der Waals surface area contributed by atoms with E-state index in [0.717, 1.165) is 24.7 Å². The molecule has 1 fully saturated rings. The van der Waals surface area contributed by atoms with Crippen molar-refractivity contribution in [1.29, 1.82) is 0 Å². The highest BCUT2D eigenvalue weighted by Crippen LogP contribution is 2.30. The molecule has 0 heterocycles. The zero-order valence-corrected chi connectivity index (χ0v) is 11.5. The fraction of sp³-hybridized carbons (Fsp3) is 0.929. The van der Waals surface area contributed by atoms with E-state index in [2.05, 4.69) is 19.2 Å². The van der Waals surface area contributed by atoms with E-state index < -0.39 is 0 Å². The Morgan fingerprint density at radius 2 is 1.62 bits per heavy atom. The van der Waals surface area contributed by atoms with Gasteiger partial charge in [-0.3, -0.25) is 4.79 Å². The van der Waals surface area contributed by atoms with Crippen molar-refractivity contribution in [2.24, 2.45) is 17.3 Å². The normalized spacial score (nSPS) is 26.9. The molecule has 0 atom stereocenters. The number of carbonyl (C=O) groups is 1. The second kappa shape index (κ2) is 5.20. The van der Waals surface area contributed by atoms with E-state index in [0.29, 0.717) is 6.04 Å². The van der Waals surface area contributed by atoms with E-state index in [1.807, 2.05) is 20.8 Å². The minimum atomic E-state index is -0.255. The molecule has 0 aliphatic heterocycles. The van der Waals surface area contributed by atoms with E-state index in [-0.39, 0.29) is 11.3 Å². The summed E-state index contributed by atoms with van der Waals surface area (Å²) in [7, 11) is 0. The van der Waals surface area contributed by atoms with Crippen LogP contribution in [0.25, 0.3) is 0 Å². The average Bonchev–Trinajstić information content (AvgIpc) is 2.17. The zero-order valence-electron chi connectivity index (χ0n) is 11.5. The molecule has 1 amide bonds. The van der Waals surface area contributed by atoms with Crippen molar-refractivity contribution in [2.75, 3.05) is 0 Å². The molecule has 1 N–H and O–H groups in total. The molecular weight excluding hydrogens is 198 g/mol. The number of amides is 1. The second-order valence-corrected chi connectivity index (χ2v) is 6.58. The molecule has 1 saturated carbocycles. The number of hydrogen-bond donors (Lipinski definition) is 1. The lowest BCUT2D eigenvalue weighted by Gasteiger charge is -2.32. The summed E-state index contributed by atoms with van der Waals surface area (Å²) < 4.78 is 0. The first-order valence-electron chi connectivity index (χ1n) is 6.61. The molecule has 0 spiro atoms. The molecule has 0 saturated heterocycles. The second-order valence-electron chi connectivity index (χ2n) is 6.58. The first kappa shape index (κ1) is 13.5. The summed E-state index contributed by atoms with van der Waals surface area (Å²) in [6, 6.07) is 0.418. The predicted octanol–water partition coefficient (Wildman–Crippen LogP) is 3.36. The Labute approximate surface area is 100 Å². The highest BCUT2D eigenvalue weighted by molar-refractivity contribution is 5.81. The largest absolute Gasteiger partial charge is 0.353 e.